The van der Waals surface area contributed by atoms with Crippen LogP contribution in [0.15, 0.2) is 53.6 Å². The molecule has 1 unspecified atom stereocenters. The summed E-state index contributed by atoms with van der Waals surface area (Å²) in [4.78, 5) is 24.5. The Morgan fingerprint density at radius 2 is 1.81 bits per heavy atom. The molecule has 4 rings (SSSR count). The number of nitrogens with zero attached hydrogens (tertiary/aromatic N) is 2. The number of hydrogen-bond donors (Lipinski definition) is 1. The van der Waals surface area contributed by atoms with E-state index in [2.05, 4.69) is 5.10 Å². The number of benzene rings is 2. The highest BCUT2D eigenvalue weighted by Crippen LogP contribution is 2.42. The van der Waals surface area contributed by atoms with E-state index in [1.165, 1.54) is 5.01 Å². The summed E-state index contributed by atoms with van der Waals surface area (Å²) in [6.07, 6.45) is 4.04. The van der Waals surface area contributed by atoms with Crippen LogP contribution in [0.5, 0.6) is 0 Å². The predicted octanol–water partition coefficient (Wildman–Crippen LogP) is 4.59. The number of carboxylic acid groups (broad SMARTS) is 1. The number of amides is 1. The van der Waals surface area contributed by atoms with Gasteiger partial charge in [-0.1, -0.05) is 48.7 Å². The van der Waals surface area contributed by atoms with Crippen LogP contribution in [0, 0.1) is 5.92 Å². The van der Waals surface area contributed by atoms with Gasteiger partial charge in [0.15, 0.2) is 6.61 Å². The molecule has 1 aliphatic carbocycles. The Morgan fingerprint density at radius 1 is 1.16 bits per heavy atom. The van der Waals surface area contributed by atoms with Crippen molar-refractivity contribution in [2.24, 2.45) is 11.0 Å². The van der Waals surface area contributed by atoms with Gasteiger partial charge in [0.05, 0.1) is 12.0 Å². The minimum atomic E-state index is -0.899. The van der Waals surface area contributed by atoms with E-state index in [1.54, 1.807) is 24.3 Å². The molecule has 1 aliphatic heterocycles. The highest BCUT2D eigenvalue weighted by Gasteiger charge is 2.44. The van der Waals surface area contributed by atoms with Crippen molar-refractivity contribution in [1.29, 1.82) is 0 Å². The molecule has 2 aromatic carbocycles. The Hall–Kier alpha value is -2.86. The van der Waals surface area contributed by atoms with Gasteiger partial charge < -0.3 is 9.84 Å². The molecule has 31 heavy (non-hydrogen) atoms. The van der Waals surface area contributed by atoms with E-state index < -0.39 is 11.4 Å². The molecule has 0 radical (unpaired) electrons. The standard InChI is InChI=1S/C24H25ClN2O4/c1-24(23(29)30,18-4-2-3-5-18)19-10-6-16(7-11-19)14-27-21(28)15-31-22(26-27)17-8-12-20(25)13-9-17/h6-13,18H,2-5,14-15H2,1H3,(H,29,30). The van der Waals surface area contributed by atoms with Crippen molar-refractivity contribution >= 4 is 29.4 Å². The smallest absolute Gasteiger partial charge is 0.314 e. The van der Waals surface area contributed by atoms with Gasteiger partial charge in [-0.2, -0.15) is 0 Å². The number of rotatable bonds is 6. The first-order valence-electron chi connectivity index (χ1n) is 10.5. The lowest BCUT2D eigenvalue weighted by Gasteiger charge is -2.32. The van der Waals surface area contributed by atoms with Gasteiger partial charge in [-0.25, -0.2) is 5.01 Å². The highest BCUT2D eigenvalue weighted by molar-refractivity contribution is 6.30. The molecule has 1 N–H and O–H groups in total. The number of halogens is 1. The number of carbonyl (C=O) groups is 2. The molecular formula is C24H25ClN2O4. The highest BCUT2D eigenvalue weighted by atomic mass is 35.5. The number of hydrazone groups is 1. The van der Waals surface area contributed by atoms with E-state index in [9.17, 15) is 14.7 Å². The zero-order chi connectivity index (χ0) is 22.0. The monoisotopic (exact) mass is 440 g/mol. The van der Waals surface area contributed by atoms with Crippen molar-refractivity contribution < 1.29 is 19.4 Å². The number of carbonyl (C=O) groups excluding carboxylic acids is 1. The first kappa shape index (κ1) is 21.4. The van der Waals surface area contributed by atoms with Gasteiger partial charge in [0.2, 0.25) is 5.90 Å². The molecule has 1 saturated carbocycles. The van der Waals surface area contributed by atoms with Gasteiger partial charge in [0.25, 0.3) is 5.91 Å². The van der Waals surface area contributed by atoms with E-state index in [1.807, 2.05) is 31.2 Å². The summed E-state index contributed by atoms with van der Waals surface area (Å²) in [6.45, 7) is 2.03. The van der Waals surface area contributed by atoms with Crippen LogP contribution in [-0.4, -0.2) is 34.5 Å². The summed E-state index contributed by atoms with van der Waals surface area (Å²) in [5.41, 5.74) is 1.52. The van der Waals surface area contributed by atoms with E-state index in [-0.39, 0.29) is 25.0 Å². The van der Waals surface area contributed by atoms with Crippen LogP contribution in [0.3, 0.4) is 0 Å². The van der Waals surface area contributed by atoms with Crippen LogP contribution in [0.1, 0.15) is 49.3 Å². The Balaban J connectivity index is 1.53. The Kier molecular flexibility index (Phi) is 6.01. The van der Waals surface area contributed by atoms with Crippen LogP contribution in [-0.2, 0) is 26.3 Å². The lowest BCUT2D eigenvalue weighted by Crippen LogP contribution is -2.39. The molecule has 0 bridgehead atoms. The summed E-state index contributed by atoms with van der Waals surface area (Å²) in [5.74, 6) is -0.508. The molecule has 0 saturated heterocycles. The van der Waals surface area contributed by atoms with Crippen molar-refractivity contribution in [2.75, 3.05) is 6.61 Å². The van der Waals surface area contributed by atoms with Gasteiger partial charge in [-0.3, -0.25) is 9.59 Å². The molecule has 1 heterocycles. The molecule has 1 amide bonds. The minimum Gasteiger partial charge on any atom is -0.481 e. The third-order valence-corrected chi connectivity index (χ3v) is 6.68. The molecular weight excluding hydrogens is 416 g/mol. The number of carboxylic acids is 1. The van der Waals surface area contributed by atoms with Crippen molar-refractivity contribution in [3.8, 4) is 0 Å². The average Bonchev–Trinajstić information content (AvgIpc) is 3.31. The van der Waals surface area contributed by atoms with Crippen molar-refractivity contribution in [2.45, 2.75) is 44.6 Å². The molecule has 1 atom stereocenters. The van der Waals surface area contributed by atoms with E-state index in [0.717, 1.165) is 42.4 Å². The lowest BCUT2D eigenvalue weighted by atomic mass is 9.71. The van der Waals surface area contributed by atoms with Crippen molar-refractivity contribution in [1.82, 2.24) is 5.01 Å². The van der Waals surface area contributed by atoms with Gasteiger partial charge >= 0.3 is 5.97 Å². The first-order valence-corrected chi connectivity index (χ1v) is 10.9. The topological polar surface area (TPSA) is 79.2 Å². The fraction of sp³-hybridized carbons (Fsp3) is 0.375. The second-order valence-corrected chi connectivity index (χ2v) is 8.77. The molecule has 6 nitrogen and oxygen atoms in total. The first-order chi connectivity index (χ1) is 14.9. The van der Waals surface area contributed by atoms with E-state index in [4.69, 9.17) is 16.3 Å². The third-order valence-electron chi connectivity index (χ3n) is 6.42. The molecule has 0 aromatic heterocycles. The number of hydrogen-bond acceptors (Lipinski definition) is 4. The maximum absolute atomic E-state index is 12.3. The molecule has 162 valence electrons. The third kappa shape index (κ3) is 4.30. The molecule has 2 aliphatic rings. The normalized spacial score (nSPS) is 19.0. The predicted molar refractivity (Wildman–Crippen MR) is 118 cm³/mol. The second kappa shape index (κ2) is 8.71. The summed E-state index contributed by atoms with van der Waals surface area (Å²) in [7, 11) is 0. The molecule has 2 aromatic rings. The average molecular weight is 441 g/mol. The SMILES string of the molecule is CC(C(=O)O)(c1ccc(CN2N=C(c3ccc(Cl)cc3)OCC2=O)cc1)C1CCCC1. The summed E-state index contributed by atoms with van der Waals surface area (Å²) in [5, 5.41) is 16.3. The van der Waals surface area contributed by atoms with Gasteiger partial charge in [0.1, 0.15) is 0 Å². The Labute approximate surface area is 186 Å². The maximum Gasteiger partial charge on any atom is 0.314 e. The summed E-state index contributed by atoms with van der Waals surface area (Å²) in [6, 6.07) is 14.6. The van der Waals surface area contributed by atoms with Gasteiger partial charge in [-0.15, -0.1) is 5.10 Å². The second-order valence-electron chi connectivity index (χ2n) is 8.34. The van der Waals surface area contributed by atoms with Crippen molar-refractivity contribution in [3.05, 3.63) is 70.2 Å². The Morgan fingerprint density at radius 3 is 2.42 bits per heavy atom. The minimum absolute atomic E-state index is 0.0850. The Bertz CT molecular complexity index is 997. The molecule has 0 spiro atoms. The van der Waals surface area contributed by atoms with Crippen LogP contribution >= 0.6 is 11.6 Å². The summed E-state index contributed by atoms with van der Waals surface area (Å²) < 4.78 is 5.48. The molecule has 7 heteroatoms. The fourth-order valence-corrected chi connectivity index (χ4v) is 4.55. The van der Waals surface area contributed by atoms with Gasteiger partial charge in [0, 0.05) is 10.6 Å². The fourth-order valence-electron chi connectivity index (χ4n) is 4.42. The van der Waals surface area contributed by atoms with E-state index >= 15 is 0 Å². The maximum atomic E-state index is 12.3. The van der Waals surface area contributed by atoms with Crippen LogP contribution in [0.4, 0.5) is 0 Å². The largest absolute Gasteiger partial charge is 0.481 e. The van der Waals surface area contributed by atoms with Crippen LogP contribution < -0.4 is 0 Å². The zero-order valence-corrected chi connectivity index (χ0v) is 18.1. The zero-order valence-electron chi connectivity index (χ0n) is 17.4. The lowest BCUT2D eigenvalue weighted by molar-refractivity contribution is -0.145. The quantitative estimate of drug-likeness (QED) is 0.712. The van der Waals surface area contributed by atoms with E-state index in [0.29, 0.717) is 10.9 Å². The van der Waals surface area contributed by atoms with Gasteiger partial charge in [-0.05, 0) is 61.1 Å². The van der Waals surface area contributed by atoms with Crippen molar-refractivity contribution in [3.63, 3.8) is 0 Å². The van der Waals surface area contributed by atoms with Crippen LogP contribution in [0.2, 0.25) is 5.02 Å². The summed E-state index contributed by atoms with van der Waals surface area (Å²) >= 11 is 5.93. The molecule has 1 fully saturated rings. The number of ether oxygens (including phenoxy) is 1. The number of aliphatic carboxylic acids is 1. The van der Waals surface area contributed by atoms with Crippen LogP contribution in [0.25, 0.3) is 0 Å².